The van der Waals surface area contributed by atoms with Crippen LogP contribution < -0.4 is 0 Å². The highest BCUT2D eigenvalue weighted by molar-refractivity contribution is 7.89. The molecule has 0 bridgehead atoms. The topological polar surface area (TPSA) is 37.4 Å². The number of hydrogen-bond acceptors (Lipinski definition) is 2. The SMILES string of the molecule is Cc1ccc(S(=O)(=O)N2CC3=C(F)c4ccccc4C(C)(C)C[C@@H]3C2)cc1. The summed E-state index contributed by atoms with van der Waals surface area (Å²) in [5.74, 6) is -0.351. The number of fused-ring (bicyclic) bond motifs is 2. The predicted molar refractivity (Wildman–Crippen MR) is 106 cm³/mol. The van der Waals surface area contributed by atoms with Crippen molar-refractivity contribution in [1.29, 1.82) is 0 Å². The summed E-state index contributed by atoms with van der Waals surface area (Å²) in [4.78, 5) is 0.269. The number of hydrogen-bond donors (Lipinski definition) is 0. The van der Waals surface area contributed by atoms with Gasteiger partial charge in [-0.3, -0.25) is 0 Å². The van der Waals surface area contributed by atoms with Crippen LogP contribution in [0, 0.1) is 12.8 Å². The van der Waals surface area contributed by atoms with Crippen LogP contribution in [0.2, 0.25) is 0 Å². The van der Waals surface area contributed by atoms with Gasteiger partial charge in [-0.15, -0.1) is 0 Å². The van der Waals surface area contributed by atoms with E-state index in [-0.39, 0.29) is 28.6 Å². The van der Waals surface area contributed by atoms with Crippen LogP contribution in [0.25, 0.3) is 5.83 Å². The molecule has 4 rings (SSSR count). The Morgan fingerprint density at radius 3 is 2.44 bits per heavy atom. The zero-order chi connectivity index (χ0) is 19.4. The summed E-state index contributed by atoms with van der Waals surface area (Å²) >= 11 is 0. The van der Waals surface area contributed by atoms with Crippen LogP contribution in [0.3, 0.4) is 0 Å². The molecule has 2 aliphatic rings. The van der Waals surface area contributed by atoms with Crippen LogP contribution in [-0.2, 0) is 15.4 Å². The smallest absolute Gasteiger partial charge is 0.207 e. The van der Waals surface area contributed by atoms with Gasteiger partial charge in [0.2, 0.25) is 10.0 Å². The second-order valence-electron chi connectivity index (χ2n) is 8.28. The van der Waals surface area contributed by atoms with Gasteiger partial charge in [0, 0.05) is 18.7 Å². The van der Waals surface area contributed by atoms with E-state index in [4.69, 9.17) is 0 Å². The van der Waals surface area contributed by atoms with Gasteiger partial charge >= 0.3 is 0 Å². The van der Waals surface area contributed by atoms with Gasteiger partial charge in [0.1, 0.15) is 5.83 Å². The van der Waals surface area contributed by atoms with Gasteiger partial charge in [-0.2, -0.15) is 4.31 Å². The van der Waals surface area contributed by atoms with E-state index in [0.29, 0.717) is 17.7 Å². The number of nitrogens with zero attached hydrogens (tertiary/aromatic N) is 1. The molecule has 0 amide bonds. The molecule has 0 N–H and O–H groups in total. The Bertz CT molecular complexity index is 1020. The first-order chi connectivity index (χ1) is 12.7. The summed E-state index contributed by atoms with van der Waals surface area (Å²) in [5.41, 5.74) is 3.01. The van der Waals surface area contributed by atoms with Crippen LogP contribution in [0.5, 0.6) is 0 Å². The number of aryl methyl sites for hydroxylation is 1. The molecule has 2 aromatic rings. The van der Waals surface area contributed by atoms with Gasteiger partial charge in [0.15, 0.2) is 0 Å². The Hall–Kier alpha value is -1.98. The Labute approximate surface area is 160 Å². The molecule has 0 unspecified atom stereocenters. The molecule has 0 aromatic heterocycles. The number of benzene rings is 2. The van der Waals surface area contributed by atoms with Crippen LogP contribution in [0.4, 0.5) is 4.39 Å². The second kappa shape index (κ2) is 6.28. The number of sulfonamides is 1. The molecule has 142 valence electrons. The van der Waals surface area contributed by atoms with Crippen molar-refractivity contribution in [3.05, 3.63) is 70.8 Å². The lowest BCUT2D eigenvalue weighted by Crippen LogP contribution is -2.30. The third-order valence-electron chi connectivity index (χ3n) is 5.85. The highest BCUT2D eigenvalue weighted by Gasteiger charge is 2.43. The van der Waals surface area contributed by atoms with Crippen molar-refractivity contribution in [3.8, 4) is 0 Å². The molecule has 27 heavy (non-hydrogen) atoms. The van der Waals surface area contributed by atoms with E-state index in [1.807, 2.05) is 25.1 Å². The summed E-state index contributed by atoms with van der Waals surface area (Å²) in [6.07, 6.45) is 0.729. The summed E-state index contributed by atoms with van der Waals surface area (Å²) < 4.78 is 43.0. The quantitative estimate of drug-likeness (QED) is 0.753. The average molecular weight is 386 g/mol. The van der Waals surface area contributed by atoms with Crippen molar-refractivity contribution in [2.75, 3.05) is 13.1 Å². The third kappa shape index (κ3) is 3.03. The summed E-state index contributed by atoms with van der Waals surface area (Å²) in [6, 6.07) is 14.4. The lowest BCUT2D eigenvalue weighted by molar-refractivity contribution is 0.382. The van der Waals surface area contributed by atoms with Crippen molar-refractivity contribution in [2.45, 2.75) is 37.5 Å². The molecule has 1 aliphatic heterocycles. The van der Waals surface area contributed by atoms with Crippen LogP contribution in [0.15, 0.2) is 59.0 Å². The molecule has 0 radical (unpaired) electrons. The Balaban J connectivity index is 1.76. The molecule has 1 fully saturated rings. The molecule has 1 saturated heterocycles. The first-order valence-corrected chi connectivity index (χ1v) is 10.7. The molecule has 0 saturated carbocycles. The number of halogens is 1. The molecule has 1 atom stereocenters. The fourth-order valence-corrected chi connectivity index (χ4v) is 5.85. The van der Waals surface area contributed by atoms with Gasteiger partial charge in [-0.1, -0.05) is 55.8 Å². The van der Waals surface area contributed by atoms with Gasteiger partial charge in [0.25, 0.3) is 0 Å². The normalized spacial score (nSPS) is 22.3. The van der Waals surface area contributed by atoms with Crippen molar-refractivity contribution in [3.63, 3.8) is 0 Å². The van der Waals surface area contributed by atoms with Crippen molar-refractivity contribution in [1.82, 2.24) is 4.31 Å². The van der Waals surface area contributed by atoms with Crippen LogP contribution >= 0.6 is 0 Å². The highest BCUT2D eigenvalue weighted by Crippen LogP contribution is 2.46. The van der Waals surface area contributed by atoms with E-state index in [1.165, 1.54) is 4.31 Å². The Kier molecular flexibility index (Phi) is 4.28. The largest absolute Gasteiger partial charge is 0.243 e. The van der Waals surface area contributed by atoms with Gasteiger partial charge in [0.05, 0.1) is 4.90 Å². The lowest BCUT2D eigenvalue weighted by atomic mass is 9.77. The average Bonchev–Trinajstić information content (AvgIpc) is 3.02. The standard InChI is InChI=1S/C22H24FNO2S/c1-15-8-10-17(11-9-15)27(25,26)24-13-16-12-22(2,3)20-7-5-4-6-18(20)21(23)19(16)14-24/h4-11,16H,12-14H2,1-3H3/t16-/m1/s1. The van der Waals surface area contributed by atoms with E-state index in [0.717, 1.165) is 17.5 Å². The molecule has 1 heterocycles. The maximum absolute atomic E-state index is 15.4. The maximum Gasteiger partial charge on any atom is 0.243 e. The summed E-state index contributed by atoms with van der Waals surface area (Å²) in [7, 11) is -3.63. The third-order valence-corrected chi connectivity index (χ3v) is 7.68. The highest BCUT2D eigenvalue weighted by atomic mass is 32.2. The monoisotopic (exact) mass is 385 g/mol. The molecule has 3 nitrogen and oxygen atoms in total. The molecular formula is C22H24FNO2S. The second-order valence-corrected chi connectivity index (χ2v) is 10.2. The minimum atomic E-state index is -3.63. The van der Waals surface area contributed by atoms with Crippen molar-refractivity contribution < 1.29 is 12.8 Å². The van der Waals surface area contributed by atoms with Gasteiger partial charge in [-0.05, 0) is 47.9 Å². The van der Waals surface area contributed by atoms with Gasteiger partial charge < -0.3 is 0 Å². The zero-order valence-electron chi connectivity index (χ0n) is 15.9. The Morgan fingerprint density at radius 2 is 1.74 bits per heavy atom. The molecule has 1 aliphatic carbocycles. The molecule has 2 aromatic carbocycles. The molecule has 5 heteroatoms. The predicted octanol–water partition coefficient (Wildman–Crippen LogP) is 4.68. The van der Waals surface area contributed by atoms with E-state index in [2.05, 4.69) is 13.8 Å². The first-order valence-electron chi connectivity index (χ1n) is 9.25. The van der Waals surface area contributed by atoms with Gasteiger partial charge in [-0.25, -0.2) is 12.8 Å². The Morgan fingerprint density at radius 1 is 1.07 bits per heavy atom. The van der Waals surface area contributed by atoms with Crippen molar-refractivity contribution >= 4 is 15.9 Å². The maximum atomic E-state index is 15.4. The summed E-state index contributed by atoms with van der Waals surface area (Å²) in [5, 5.41) is 0. The minimum Gasteiger partial charge on any atom is -0.207 e. The minimum absolute atomic E-state index is 0.104. The van der Waals surface area contributed by atoms with Crippen LogP contribution in [0.1, 0.15) is 37.0 Å². The van der Waals surface area contributed by atoms with E-state index < -0.39 is 10.0 Å². The lowest BCUT2D eigenvalue weighted by Gasteiger charge is -2.28. The van der Waals surface area contributed by atoms with Crippen molar-refractivity contribution in [2.24, 2.45) is 5.92 Å². The molecular weight excluding hydrogens is 361 g/mol. The molecule has 0 spiro atoms. The van der Waals surface area contributed by atoms with E-state index in [1.54, 1.807) is 30.3 Å². The fourth-order valence-electron chi connectivity index (χ4n) is 4.38. The summed E-state index contributed by atoms with van der Waals surface area (Å²) in [6.45, 7) is 6.59. The fraction of sp³-hybridized carbons (Fsp3) is 0.364. The van der Waals surface area contributed by atoms with E-state index >= 15 is 4.39 Å². The first kappa shape index (κ1) is 18.4. The van der Waals surface area contributed by atoms with Crippen LogP contribution in [-0.4, -0.2) is 25.8 Å². The number of rotatable bonds is 2. The van der Waals surface area contributed by atoms with E-state index in [9.17, 15) is 8.42 Å². The zero-order valence-corrected chi connectivity index (χ0v) is 16.7.